The summed E-state index contributed by atoms with van der Waals surface area (Å²) in [6.45, 7) is 0. The second-order valence-electron chi connectivity index (χ2n) is 3.96. The summed E-state index contributed by atoms with van der Waals surface area (Å²) in [7, 11) is 0. The normalized spacial score (nSPS) is 11.9. The Balaban J connectivity index is 2.30. The molecule has 0 amide bonds. The highest BCUT2D eigenvalue weighted by Gasteiger charge is 2.22. The van der Waals surface area contributed by atoms with Crippen LogP contribution in [-0.4, -0.2) is 11.1 Å². The van der Waals surface area contributed by atoms with Crippen molar-refractivity contribution in [1.29, 1.82) is 0 Å². The van der Waals surface area contributed by atoms with E-state index in [0.717, 1.165) is 0 Å². The topological polar surface area (TPSA) is 46.5 Å². The van der Waals surface area contributed by atoms with Gasteiger partial charge in [0.1, 0.15) is 5.75 Å². The van der Waals surface area contributed by atoms with E-state index in [2.05, 4.69) is 0 Å². The number of carbonyl (C=O) groups is 1. The monoisotopic (exact) mass is 330 g/mol. The van der Waals surface area contributed by atoms with Gasteiger partial charge >= 0.3 is 5.97 Å². The predicted molar refractivity (Wildman–Crippen MR) is 78.9 cm³/mol. The van der Waals surface area contributed by atoms with E-state index in [0.29, 0.717) is 15.6 Å². The molecule has 2 aromatic rings. The van der Waals surface area contributed by atoms with Gasteiger partial charge in [0.25, 0.3) is 0 Å². The highest BCUT2D eigenvalue weighted by molar-refractivity contribution is 6.35. The van der Waals surface area contributed by atoms with Crippen LogP contribution in [0.5, 0.6) is 5.75 Å². The van der Waals surface area contributed by atoms with Gasteiger partial charge in [0.2, 0.25) is 6.10 Å². The van der Waals surface area contributed by atoms with Crippen LogP contribution in [-0.2, 0) is 4.79 Å². The van der Waals surface area contributed by atoms with Gasteiger partial charge in [-0.05, 0) is 30.3 Å². The lowest BCUT2D eigenvalue weighted by Crippen LogP contribution is -2.18. The Hall–Kier alpha value is -1.42. The molecule has 104 valence electrons. The number of carboxylic acid groups (broad SMARTS) is 1. The molecule has 2 aromatic carbocycles. The first kappa shape index (κ1) is 15.0. The average molecular weight is 332 g/mol. The molecule has 1 atom stereocenters. The molecular weight excluding hydrogens is 323 g/mol. The third-order valence-corrected chi connectivity index (χ3v) is 3.32. The van der Waals surface area contributed by atoms with Crippen molar-refractivity contribution >= 4 is 40.8 Å². The number of halogens is 3. The van der Waals surface area contributed by atoms with Gasteiger partial charge in [-0.15, -0.1) is 0 Å². The minimum Gasteiger partial charge on any atom is -0.478 e. The number of ether oxygens (including phenoxy) is 1. The van der Waals surface area contributed by atoms with Crippen LogP contribution in [0.1, 0.15) is 11.7 Å². The molecule has 2 rings (SSSR count). The van der Waals surface area contributed by atoms with Crippen LogP contribution < -0.4 is 4.74 Å². The fourth-order valence-corrected chi connectivity index (χ4v) is 2.18. The van der Waals surface area contributed by atoms with Crippen LogP contribution in [0.15, 0.2) is 42.5 Å². The summed E-state index contributed by atoms with van der Waals surface area (Å²) in [6, 6.07) is 11.0. The van der Waals surface area contributed by atoms with Gasteiger partial charge in [0.05, 0.1) is 5.02 Å². The lowest BCUT2D eigenvalue weighted by Gasteiger charge is -2.16. The molecule has 0 heterocycles. The molecule has 6 heteroatoms. The highest BCUT2D eigenvalue weighted by atomic mass is 35.5. The lowest BCUT2D eigenvalue weighted by atomic mass is 10.1. The van der Waals surface area contributed by atoms with Crippen molar-refractivity contribution < 1.29 is 14.6 Å². The maximum Gasteiger partial charge on any atom is 0.349 e. The Labute approximate surface area is 130 Å². The quantitative estimate of drug-likeness (QED) is 0.871. The van der Waals surface area contributed by atoms with Gasteiger partial charge in [0.15, 0.2) is 0 Å². The van der Waals surface area contributed by atoms with Crippen LogP contribution in [0.25, 0.3) is 0 Å². The number of rotatable bonds is 4. The number of hydrogen-bond donors (Lipinski definition) is 1. The molecule has 0 saturated carbocycles. The van der Waals surface area contributed by atoms with E-state index < -0.39 is 12.1 Å². The van der Waals surface area contributed by atoms with Crippen molar-refractivity contribution in [2.45, 2.75) is 6.10 Å². The van der Waals surface area contributed by atoms with Crippen molar-refractivity contribution in [3.63, 3.8) is 0 Å². The van der Waals surface area contributed by atoms with Crippen LogP contribution in [0.2, 0.25) is 15.1 Å². The summed E-state index contributed by atoms with van der Waals surface area (Å²) in [5.41, 5.74) is 0.466. The smallest absolute Gasteiger partial charge is 0.349 e. The van der Waals surface area contributed by atoms with Crippen LogP contribution >= 0.6 is 34.8 Å². The minimum atomic E-state index is -1.18. The molecular formula is C14H9Cl3O3. The molecule has 0 aromatic heterocycles. The molecule has 0 saturated heterocycles. The summed E-state index contributed by atoms with van der Waals surface area (Å²) in [4.78, 5) is 11.3. The van der Waals surface area contributed by atoms with Crippen molar-refractivity contribution in [3.05, 3.63) is 63.1 Å². The van der Waals surface area contributed by atoms with Crippen LogP contribution in [0, 0.1) is 0 Å². The lowest BCUT2D eigenvalue weighted by molar-refractivity contribution is -0.145. The van der Waals surface area contributed by atoms with Crippen LogP contribution in [0.3, 0.4) is 0 Å². The summed E-state index contributed by atoms with van der Waals surface area (Å²) in [5, 5.41) is 10.5. The first-order valence-electron chi connectivity index (χ1n) is 5.57. The number of hydrogen-bond acceptors (Lipinski definition) is 2. The van der Waals surface area contributed by atoms with E-state index in [4.69, 9.17) is 39.5 Å². The number of aliphatic carboxylic acids is 1. The Morgan fingerprint density at radius 3 is 2.15 bits per heavy atom. The second kappa shape index (κ2) is 6.35. The zero-order chi connectivity index (χ0) is 14.7. The minimum absolute atomic E-state index is 0.248. The standard InChI is InChI=1S/C14H9Cl3O3/c15-9-3-1-8(2-4-9)13(14(18)19)20-12-6-5-10(16)7-11(12)17/h1-7,13H,(H,18,19)/t13-/m1/s1. The van der Waals surface area contributed by atoms with Gasteiger partial charge in [0, 0.05) is 15.6 Å². The fourth-order valence-electron chi connectivity index (χ4n) is 1.60. The van der Waals surface area contributed by atoms with E-state index in [9.17, 15) is 9.90 Å². The van der Waals surface area contributed by atoms with Crippen LogP contribution in [0.4, 0.5) is 0 Å². The largest absolute Gasteiger partial charge is 0.478 e. The van der Waals surface area contributed by atoms with Gasteiger partial charge in [-0.25, -0.2) is 4.79 Å². The average Bonchev–Trinajstić information content (AvgIpc) is 2.39. The summed E-state index contributed by atoms with van der Waals surface area (Å²) < 4.78 is 5.45. The zero-order valence-electron chi connectivity index (χ0n) is 10.0. The molecule has 3 nitrogen and oxygen atoms in total. The Morgan fingerprint density at radius 2 is 1.60 bits per heavy atom. The molecule has 0 aliphatic carbocycles. The second-order valence-corrected chi connectivity index (χ2v) is 5.24. The molecule has 20 heavy (non-hydrogen) atoms. The van der Waals surface area contributed by atoms with E-state index in [1.54, 1.807) is 30.3 Å². The van der Waals surface area contributed by atoms with Gasteiger partial charge < -0.3 is 9.84 Å². The SMILES string of the molecule is O=C(O)[C@H](Oc1ccc(Cl)cc1Cl)c1ccc(Cl)cc1. The molecule has 0 radical (unpaired) electrons. The Bertz CT molecular complexity index is 626. The van der Waals surface area contributed by atoms with E-state index >= 15 is 0 Å². The molecule has 0 aliphatic heterocycles. The molecule has 0 aliphatic rings. The molecule has 0 unspecified atom stereocenters. The summed E-state index contributed by atoms with van der Waals surface area (Å²) in [5.74, 6) is -0.878. The molecule has 1 N–H and O–H groups in total. The van der Waals surface area contributed by atoms with E-state index in [1.807, 2.05) is 0 Å². The third kappa shape index (κ3) is 3.57. The maximum absolute atomic E-state index is 11.3. The molecule has 0 bridgehead atoms. The number of benzene rings is 2. The van der Waals surface area contributed by atoms with E-state index in [1.165, 1.54) is 12.1 Å². The van der Waals surface area contributed by atoms with Gasteiger partial charge in [-0.3, -0.25) is 0 Å². The fraction of sp³-hybridized carbons (Fsp3) is 0.0714. The molecule has 0 fully saturated rings. The van der Waals surface area contributed by atoms with Gasteiger partial charge in [-0.2, -0.15) is 0 Å². The first-order chi connectivity index (χ1) is 9.47. The molecule has 0 spiro atoms. The zero-order valence-corrected chi connectivity index (χ0v) is 12.3. The number of carboxylic acids is 1. The summed E-state index contributed by atoms with van der Waals surface area (Å²) in [6.07, 6.45) is -1.18. The van der Waals surface area contributed by atoms with Gasteiger partial charge in [-0.1, -0.05) is 46.9 Å². The van der Waals surface area contributed by atoms with Crippen molar-refractivity contribution in [1.82, 2.24) is 0 Å². The predicted octanol–water partition coefficient (Wildman–Crippen LogP) is 4.85. The first-order valence-corrected chi connectivity index (χ1v) is 6.71. The summed E-state index contributed by atoms with van der Waals surface area (Å²) >= 11 is 17.5. The van der Waals surface area contributed by atoms with Crippen molar-refractivity contribution in [2.24, 2.45) is 0 Å². The van der Waals surface area contributed by atoms with E-state index in [-0.39, 0.29) is 10.8 Å². The Kier molecular flexibility index (Phi) is 4.76. The maximum atomic E-state index is 11.3. The Morgan fingerprint density at radius 1 is 1.00 bits per heavy atom. The van der Waals surface area contributed by atoms with Crippen molar-refractivity contribution in [3.8, 4) is 5.75 Å². The highest BCUT2D eigenvalue weighted by Crippen LogP contribution is 2.31. The van der Waals surface area contributed by atoms with Crippen molar-refractivity contribution in [2.75, 3.05) is 0 Å². The third-order valence-electron chi connectivity index (χ3n) is 2.54.